The van der Waals surface area contributed by atoms with Gasteiger partial charge >= 0.3 is 0 Å². The highest BCUT2D eigenvalue weighted by Gasteiger charge is 2.44. The largest absolute Gasteiger partial charge is 0.370 e. The zero-order valence-electron chi connectivity index (χ0n) is 7.80. The Balaban J connectivity index is 2.03. The molecule has 0 aromatic heterocycles. The molecule has 2 N–H and O–H groups in total. The number of likely N-dealkylation sites (N-methyl/N-ethyl adjacent to an activating group) is 1. The molecule has 0 amide bonds. The molecule has 2 aliphatic rings. The number of nitrogens with zero attached hydrogens (tertiary/aromatic N) is 1. The van der Waals surface area contributed by atoms with E-state index >= 15 is 0 Å². The molecule has 0 spiro atoms. The second kappa shape index (κ2) is 2.73. The molecule has 0 aromatic carbocycles. The van der Waals surface area contributed by atoms with E-state index in [1.165, 1.54) is 19.4 Å². The van der Waals surface area contributed by atoms with Gasteiger partial charge in [-0.3, -0.25) is 5.41 Å². The number of likely N-dealkylation sites (tertiary alicyclic amines) is 1. The highest BCUT2D eigenvalue weighted by Crippen LogP contribution is 2.36. The van der Waals surface area contributed by atoms with E-state index in [-0.39, 0.29) is 0 Å². The SMILES string of the molecule is CC(=N)NC1C2CCC1N(C)C2. The smallest absolute Gasteiger partial charge is 0.0902 e. The van der Waals surface area contributed by atoms with Gasteiger partial charge in [0.05, 0.1) is 5.84 Å². The van der Waals surface area contributed by atoms with Crippen molar-refractivity contribution < 1.29 is 0 Å². The van der Waals surface area contributed by atoms with Crippen molar-refractivity contribution in [2.75, 3.05) is 13.6 Å². The molecule has 3 unspecified atom stereocenters. The maximum absolute atomic E-state index is 7.40. The minimum absolute atomic E-state index is 0.562. The predicted octanol–water partition coefficient (Wildman–Crippen LogP) is 0.666. The number of fused-ring (bicyclic) bond motifs is 2. The van der Waals surface area contributed by atoms with Crippen LogP contribution in [-0.2, 0) is 0 Å². The van der Waals surface area contributed by atoms with Crippen LogP contribution in [0.1, 0.15) is 19.8 Å². The van der Waals surface area contributed by atoms with Gasteiger partial charge in [-0.25, -0.2) is 0 Å². The van der Waals surface area contributed by atoms with Crippen molar-refractivity contribution in [3.8, 4) is 0 Å². The molecule has 0 radical (unpaired) electrons. The molecule has 2 rings (SSSR count). The average Bonchev–Trinajstić information content (AvgIpc) is 2.44. The summed E-state index contributed by atoms with van der Waals surface area (Å²) in [6, 6.07) is 1.25. The zero-order chi connectivity index (χ0) is 8.72. The van der Waals surface area contributed by atoms with E-state index in [0.29, 0.717) is 17.9 Å². The Kier molecular flexibility index (Phi) is 1.83. The van der Waals surface area contributed by atoms with Crippen LogP contribution in [0.25, 0.3) is 0 Å². The lowest BCUT2D eigenvalue weighted by molar-refractivity contribution is 0.258. The van der Waals surface area contributed by atoms with Gasteiger partial charge in [-0.1, -0.05) is 0 Å². The molecule has 1 saturated carbocycles. The lowest BCUT2D eigenvalue weighted by atomic mass is 10.1. The Morgan fingerprint density at radius 3 is 2.67 bits per heavy atom. The molecular formula is C9H17N3. The van der Waals surface area contributed by atoms with Gasteiger partial charge in [0.1, 0.15) is 0 Å². The number of rotatable bonds is 1. The number of amidine groups is 1. The topological polar surface area (TPSA) is 39.1 Å². The Labute approximate surface area is 73.6 Å². The molecule has 12 heavy (non-hydrogen) atoms. The first kappa shape index (κ1) is 8.05. The molecule has 1 aliphatic heterocycles. The molecule has 1 aliphatic carbocycles. The third kappa shape index (κ3) is 1.12. The van der Waals surface area contributed by atoms with Crippen LogP contribution in [0.5, 0.6) is 0 Å². The minimum atomic E-state index is 0.562. The van der Waals surface area contributed by atoms with Gasteiger partial charge in [0.2, 0.25) is 0 Å². The summed E-state index contributed by atoms with van der Waals surface area (Å²) < 4.78 is 0. The Morgan fingerprint density at radius 1 is 1.50 bits per heavy atom. The summed E-state index contributed by atoms with van der Waals surface area (Å²) in [5.74, 6) is 1.41. The number of hydrogen-bond donors (Lipinski definition) is 2. The van der Waals surface area contributed by atoms with Crippen LogP contribution < -0.4 is 5.32 Å². The van der Waals surface area contributed by atoms with Gasteiger partial charge < -0.3 is 10.2 Å². The third-order valence-electron chi connectivity index (χ3n) is 3.23. The molecule has 1 saturated heterocycles. The summed E-state index contributed by atoms with van der Waals surface area (Å²) in [6.07, 6.45) is 2.66. The van der Waals surface area contributed by atoms with Crippen molar-refractivity contribution in [3.63, 3.8) is 0 Å². The highest BCUT2D eigenvalue weighted by molar-refractivity contribution is 5.76. The van der Waals surface area contributed by atoms with E-state index in [1.807, 2.05) is 6.92 Å². The molecule has 3 atom stereocenters. The Hall–Kier alpha value is -0.570. The second-order valence-electron chi connectivity index (χ2n) is 4.14. The van der Waals surface area contributed by atoms with E-state index in [4.69, 9.17) is 5.41 Å². The fourth-order valence-corrected chi connectivity index (χ4v) is 2.73. The standard InChI is InChI=1S/C9H17N3/c1-6(10)11-9-7-3-4-8(9)12(2)5-7/h7-9H,3-5H2,1-2H3,(H2,10,11). The van der Waals surface area contributed by atoms with Gasteiger partial charge in [-0.05, 0) is 32.7 Å². The Morgan fingerprint density at radius 2 is 2.25 bits per heavy atom. The molecule has 2 bridgehead atoms. The summed E-state index contributed by atoms with van der Waals surface area (Å²) in [5.41, 5.74) is 0. The molecule has 3 heteroatoms. The van der Waals surface area contributed by atoms with Crippen LogP contribution in [-0.4, -0.2) is 36.4 Å². The highest BCUT2D eigenvalue weighted by atomic mass is 15.2. The van der Waals surface area contributed by atoms with Crippen LogP contribution >= 0.6 is 0 Å². The monoisotopic (exact) mass is 167 g/mol. The summed E-state index contributed by atoms with van der Waals surface area (Å²) in [7, 11) is 2.19. The van der Waals surface area contributed by atoms with E-state index in [1.54, 1.807) is 0 Å². The minimum Gasteiger partial charge on any atom is -0.370 e. The Bertz CT molecular complexity index is 202. The van der Waals surface area contributed by atoms with E-state index in [9.17, 15) is 0 Å². The lowest BCUT2D eigenvalue weighted by Gasteiger charge is -2.22. The molecule has 2 fully saturated rings. The summed E-state index contributed by atoms with van der Waals surface area (Å²) in [4.78, 5) is 2.43. The van der Waals surface area contributed by atoms with Gasteiger partial charge in [0.15, 0.2) is 0 Å². The summed E-state index contributed by atoms with van der Waals surface area (Å²) in [6.45, 7) is 3.05. The molecule has 1 heterocycles. The van der Waals surface area contributed by atoms with Crippen LogP contribution in [0, 0.1) is 11.3 Å². The quantitative estimate of drug-likeness (QED) is 0.445. The fraction of sp³-hybridized carbons (Fsp3) is 0.889. The molecule has 3 nitrogen and oxygen atoms in total. The normalized spacial score (nSPS) is 40.3. The zero-order valence-corrected chi connectivity index (χ0v) is 7.80. The first-order valence-electron chi connectivity index (χ1n) is 4.70. The van der Waals surface area contributed by atoms with Crippen LogP contribution in [0.3, 0.4) is 0 Å². The van der Waals surface area contributed by atoms with Gasteiger partial charge in [0, 0.05) is 18.6 Å². The fourth-order valence-electron chi connectivity index (χ4n) is 2.73. The molecular weight excluding hydrogens is 150 g/mol. The van der Waals surface area contributed by atoms with Crippen molar-refractivity contribution >= 4 is 5.84 Å². The van der Waals surface area contributed by atoms with Crippen molar-refractivity contribution in [2.24, 2.45) is 5.92 Å². The van der Waals surface area contributed by atoms with Gasteiger partial charge in [-0.2, -0.15) is 0 Å². The molecule has 68 valence electrons. The number of piperidine rings is 1. The van der Waals surface area contributed by atoms with Crippen molar-refractivity contribution in [3.05, 3.63) is 0 Å². The van der Waals surface area contributed by atoms with Crippen molar-refractivity contribution in [2.45, 2.75) is 31.8 Å². The van der Waals surface area contributed by atoms with E-state index in [2.05, 4.69) is 17.3 Å². The second-order valence-corrected chi connectivity index (χ2v) is 4.14. The average molecular weight is 167 g/mol. The maximum Gasteiger partial charge on any atom is 0.0902 e. The number of hydrogen-bond acceptors (Lipinski definition) is 2. The first-order chi connectivity index (χ1) is 5.68. The van der Waals surface area contributed by atoms with Crippen molar-refractivity contribution in [1.82, 2.24) is 10.2 Å². The van der Waals surface area contributed by atoms with E-state index in [0.717, 1.165) is 5.92 Å². The van der Waals surface area contributed by atoms with Gasteiger partial charge in [0.25, 0.3) is 0 Å². The maximum atomic E-state index is 7.40. The third-order valence-corrected chi connectivity index (χ3v) is 3.23. The first-order valence-corrected chi connectivity index (χ1v) is 4.70. The van der Waals surface area contributed by atoms with Crippen LogP contribution in [0.4, 0.5) is 0 Å². The van der Waals surface area contributed by atoms with Crippen LogP contribution in [0.2, 0.25) is 0 Å². The molecule has 0 aromatic rings. The van der Waals surface area contributed by atoms with Crippen molar-refractivity contribution in [1.29, 1.82) is 5.41 Å². The predicted molar refractivity (Wildman–Crippen MR) is 49.5 cm³/mol. The summed E-state index contributed by atoms with van der Waals surface area (Å²) >= 11 is 0. The lowest BCUT2D eigenvalue weighted by Crippen LogP contribution is -2.41. The van der Waals surface area contributed by atoms with Crippen LogP contribution in [0.15, 0.2) is 0 Å². The summed E-state index contributed by atoms with van der Waals surface area (Å²) in [5, 5.41) is 10.7. The van der Waals surface area contributed by atoms with E-state index < -0.39 is 0 Å². The van der Waals surface area contributed by atoms with Gasteiger partial charge in [-0.15, -0.1) is 0 Å². The number of nitrogens with one attached hydrogen (secondary N) is 2.